The van der Waals surface area contributed by atoms with Crippen LogP contribution in [0.4, 0.5) is 10.1 Å². The van der Waals surface area contributed by atoms with E-state index in [9.17, 15) is 12.8 Å². The summed E-state index contributed by atoms with van der Waals surface area (Å²) < 4.78 is 41.8. The number of hydrogen-bond acceptors (Lipinski definition) is 4. The molecule has 0 aliphatic rings. The van der Waals surface area contributed by atoms with Crippen LogP contribution < -0.4 is 10.5 Å². The summed E-state index contributed by atoms with van der Waals surface area (Å²) >= 11 is 0. The fourth-order valence-electron chi connectivity index (χ4n) is 2.19. The normalized spacial score (nSPS) is 11.8. The van der Waals surface area contributed by atoms with E-state index < -0.39 is 15.8 Å². The Morgan fingerprint density at radius 2 is 1.95 bits per heavy atom. The van der Waals surface area contributed by atoms with Gasteiger partial charge in [0.05, 0.1) is 23.3 Å². The summed E-state index contributed by atoms with van der Waals surface area (Å²) in [7, 11) is -3.69. The smallest absolute Gasteiger partial charge is 0.241 e. The number of nitrogens with one attached hydrogen (secondary N) is 1. The highest BCUT2D eigenvalue weighted by molar-refractivity contribution is 7.89. The van der Waals surface area contributed by atoms with Gasteiger partial charge in [-0.15, -0.1) is 0 Å². The van der Waals surface area contributed by atoms with Crippen LogP contribution in [0.25, 0.3) is 0 Å². The average molecular weight is 312 g/mol. The van der Waals surface area contributed by atoms with E-state index >= 15 is 0 Å². The molecular formula is C13H17FN4O2S. The van der Waals surface area contributed by atoms with Crippen molar-refractivity contribution in [1.29, 1.82) is 0 Å². The molecule has 0 bridgehead atoms. The molecule has 0 unspecified atom stereocenters. The number of nitrogens with two attached hydrogens (primary N) is 1. The predicted molar refractivity (Wildman–Crippen MR) is 77.7 cm³/mol. The SMILES string of the molecule is Cc1cc(F)cc(C)c1S(=O)(=O)NCCn1cc(N)cn1. The molecule has 0 amide bonds. The van der Waals surface area contributed by atoms with Gasteiger partial charge in [0.25, 0.3) is 0 Å². The lowest BCUT2D eigenvalue weighted by Crippen LogP contribution is -2.28. The third-order valence-electron chi connectivity index (χ3n) is 2.98. The van der Waals surface area contributed by atoms with Crippen molar-refractivity contribution in [1.82, 2.24) is 14.5 Å². The van der Waals surface area contributed by atoms with Crippen molar-refractivity contribution >= 4 is 15.7 Å². The van der Waals surface area contributed by atoms with Gasteiger partial charge in [-0.25, -0.2) is 17.5 Å². The van der Waals surface area contributed by atoms with E-state index in [1.807, 2.05) is 0 Å². The van der Waals surface area contributed by atoms with E-state index in [1.165, 1.54) is 18.3 Å². The van der Waals surface area contributed by atoms with Gasteiger partial charge in [0.2, 0.25) is 10.0 Å². The molecule has 3 N–H and O–H groups in total. The summed E-state index contributed by atoms with van der Waals surface area (Å²) in [5, 5.41) is 3.96. The maximum absolute atomic E-state index is 13.2. The summed E-state index contributed by atoms with van der Waals surface area (Å²) in [5.74, 6) is -0.448. The number of aryl methyl sites for hydroxylation is 2. The molecule has 0 saturated carbocycles. The third-order valence-corrected chi connectivity index (χ3v) is 4.75. The molecule has 0 radical (unpaired) electrons. The van der Waals surface area contributed by atoms with Crippen molar-refractivity contribution < 1.29 is 12.8 Å². The van der Waals surface area contributed by atoms with Crippen LogP contribution in [-0.4, -0.2) is 24.7 Å². The highest BCUT2D eigenvalue weighted by Crippen LogP contribution is 2.21. The Morgan fingerprint density at radius 1 is 1.33 bits per heavy atom. The number of halogens is 1. The van der Waals surface area contributed by atoms with Crippen LogP contribution >= 0.6 is 0 Å². The van der Waals surface area contributed by atoms with E-state index in [0.29, 0.717) is 23.4 Å². The summed E-state index contributed by atoms with van der Waals surface area (Å²) in [4.78, 5) is 0.115. The van der Waals surface area contributed by atoms with Gasteiger partial charge in [-0.2, -0.15) is 5.10 Å². The Labute approximate surface area is 122 Å². The molecule has 1 aromatic carbocycles. The highest BCUT2D eigenvalue weighted by atomic mass is 32.2. The molecule has 21 heavy (non-hydrogen) atoms. The minimum Gasteiger partial charge on any atom is -0.396 e. The van der Waals surface area contributed by atoms with Gasteiger partial charge in [0.15, 0.2) is 0 Å². The lowest BCUT2D eigenvalue weighted by molar-refractivity contribution is 0.559. The van der Waals surface area contributed by atoms with Crippen LogP contribution in [0.1, 0.15) is 11.1 Å². The molecule has 2 rings (SSSR count). The Bertz CT molecular complexity index is 732. The first kappa shape index (κ1) is 15.5. The van der Waals surface area contributed by atoms with Crippen LogP contribution in [0.5, 0.6) is 0 Å². The number of hydrogen-bond donors (Lipinski definition) is 2. The van der Waals surface area contributed by atoms with Gasteiger partial charge >= 0.3 is 0 Å². The molecular weight excluding hydrogens is 295 g/mol. The molecule has 0 atom stereocenters. The van der Waals surface area contributed by atoms with Gasteiger partial charge in [-0.05, 0) is 37.1 Å². The fourth-order valence-corrected chi connectivity index (χ4v) is 3.66. The van der Waals surface area contributed by atoms with Crippen LogP contribution in [0, 0.1) is 19.7 Å². The first-order chi connectivity index (χ1) is 9.79. The Hall–Kier alpha value is -1.93. The number of benzene rings is 1. The first-order valence-corrected chi connectivity index (χ1v) is 7.82. The zero-order valence-electron chi connectivity index (χ0n) is 11.8. The molecule has 0 fully saturated rings. The molecule has 2 aromatic rings. The van der Waals surface area contributed by atoms with Gasteiger partial charge < -0.3 is 5.73 Å². The molecule has 0 aliphatic carbocycles. The number of rotatable bonds is 5. The second-order valence-electron chi connectivity index (χ2n) is 4.80. The third kappa shape index (κ3) is 3.59. The lowest BCUT2D eigenvalue weighted by atomic mass is 10.1. The highest BCUT2D eigenvalue weighted by Gasteiger charge is 2.19. The van der Waals surface area contributed by atoms with Crippen molar-refractivity contribution in [2.45, 2.75) is 25.3 Å². The van der Waals surface area contributed by atoms with Crippen LogP contribution in [0.15, 0.2) is 29.4 Å². The molecule has 1 heterocycles. The number of nitrogens with zero attached hydrogens (tertiary/aromatic N) is 2. The minimum atomic E-state index is -3.69. The van der Waals surface area contributed by atoms with Gasteiger partial charge in [0.1, 0.15) is 5.82 Å². The number of sulfonamides is 1. The van der Waals surface area contributed by atoms with Crippen molar-refractivity contribution in [3.05, 3.63) is 41.5 Å². The summed E-state index contributed by atoms with van der Waals surface area (Å²) in [6, 6.07) is 2.41. The minimum absolute atomic E-state index is 0.115. The Morgan fingerprint density at radius 3 is 2.48 bits per heavy atom. The van der Waals surface area contributed by atoms with Crippen LogP contribution in [0.3, 0.4) is 0 Å². The molecule has 0 spiro atoms. The van der Waals surface area contributed by atoms with E-state index in [0.717, 1.165) is 0 Å². The van der Waals surface area contributed by atoms with Gasteiger partial charge in [-0.3, -0.25) is 4.68 Å². The molecule has 6 nitrogen and oxygen atoms in total. The fraction of sp³-hybridized carbons (Fsp3) is 0.308. The van der Waals surface area contributed by atoms with Gasteiger partial charge in [-0.1, -0.05) is 0 Å². The standard InChI is InChI=1S/C13H17FN4O2S/c1-9-5-11(14)6-10(2)13(9)21(19,20)17-3-4-18-8-12(15)7-16-18/h5-8,17H,3-4,15H2,1-2H3. The second kappa shape index (κ2) is 5.82. The maximum atomic E-state index is 13.2. The zero-order valence-corrected chi connectivity index (χ0v) is 12.6. The number of anilines is 1. The largest absolute Gasteiger partial charge is 0.396 e. The van der Waals surface area contributed by atoms with E-state index in [1.54, 1.807) is 24.7 Å². The maximum Gasteiger partial charge on any atom is 0.241 e. The molecule has 0 saturated heterocycles. The average Bonchev–Trinajstić information content (AvgIpc) is 2.72. The lowest BCUT2D eigenvalue weighted by Gasteiger charge is -2.12. The molecule has 8 heteroatoms. The first-order valence-electron chi connectivity index (χ1n) is 6.34. The van der Waals surface area contributed by atoms with Crippen molar-refractivity contribution in [2.24, 2.45) is 0 Å². The molecule has 1 aromatic heterocycles. The monoisotopic (exact) mass is 312 g/mol. The van der Waals surface area contributed by atoms with Gasteiger partial charge in [0, 0.05) is 12.7 Å². The predicted octanol–water partition coefficient (Wildman–Crippen LogP) is 1.20. The van der Waals surface area contributed by atoms with Crippen molar-refractivity contribution in [3.63, 3.8) is 0 Å². The number of aromatic nitrogens is 2. The topological polar surface area (TPSA) is 90.0 Å². The van der Waals surface area contributed by atoms with Crippen LogP contribution in [-0.2, 0) is 16.6 Å². The van der Waals surface area contributed by atoms with Crippen LogP contribution in [0.2, 0.25) is 0 Å². The van der Waals surface area contributed by atoms with E-state index in [2.05, 4.69) is 9.82 Å². The zero-order chi connectivity index (χ0) is 15.6. The Balaban J connectivity index is 2.12. The van der Waals surface area contributed by atoms with Crippen molar-refractivity contribution in [3.8, 4) is 0 Å². The number of nitrogen functional groups attached to an aromatic ring is 1. The van der Waals surface area contributed by atoms with E-state index in [-0.39, 0.29) is 11.4 Å². The molecule has 114 valence electrons. The molecule has 0 aliphatic heterocycles. The second-order valence-corrected chi connectivity index (χ2v) is 6.51. The quantitative estimate of drug-likeness (QED) is 0.868. The summed E-state index contributed by atoms with van der Waals surface area (Å²) in [5.41, 5.74) is 6.80. The summed E-state index contributed by atoms with van der Waals surface area (Å²) in [6.45, 7) is 3.66. The summed E-state index contributed by atoms with van der Waals surface area (Å²) in [6.07, 6.45) is 3.10. The Kier molecular flexibility index (Phi) is 4.29. The van der Waals surface area contributed by atoms with Crippen molar-refractivity contribution in [2.75, 3.05) is 12.3 Å². The van der Waals surface area contributed by atoms with E-state index in [4.69, 9.17) is 5.73 Å².